The molecule has 2 aromatic heterocycles. The lowest BCUT2D eigenvalue weighted by atomic mass is 10.1. The van der Waals surface area contributed by atoms with Crippen molar-refractivity contribution in [2.75, 3.05) is 25.7 Å². The molecule has 1 N–H and O–H groups in total. The second-order valence-electron chi connectivity index (χ2n) is 7.82. The van der Waals surface area contributed by atoms with Crippen LogP contribution < -0.4 is 15.2 Å². The molecule has 2 heterocycles. The predicted octanol–water partition coefficient (Wildman–Crippen LogP) is 3.57. The number of sulfone groups is 1. The highest BCUT2D eigenvalue weighted by atomic mass is 32.2. The third-order valence-electron chi connectivity index (χ3n) is 5.39. The molecule has 0 saturated heterocycles. The SMILES string of the molecule is CCOc1cc([C@H](CS(C)(=O)=O)n2c(=O)[nH]c3cc(-c4ncccc4F)ccc32)ccc1OC. The largest absolute Gasteiger partial charge is 0.493 e. The molecule has 34 heavy (non-hydrogen) atoms. The van der Waals surface area contributed by atoms with E-state index in [0.717, 1.165) is 6.26 Å². The summed E-state index contributed by atoms with van der Waals surface area (Å²) in [4.78, 5) is 19.9. The summed E-state index contributed by atoms with van der Waals surface area (Å²) >= 11 is 0. The van der Waals surface area contributed by atoms with Crippen LogP contribution in [-0.2, 0) is 9.84 Å². The number of aromatic amines is 1. The minimum Gasteiger partial charge on any atom is -0.493 e. The van der Waals surface area contributed by atoms with Crippen LogP contribution in [0.5, 0.6) is 11.5 Å². The van der Waals surface area contributed by atoms with Crippen molar-refractivity contribution >= 4 is 20.9 Å². The number of nitrogens with zero attached hydrogens (tertiary/aromatic N) is 2. The number of aromatic nitrogens is 3. The second-order valence-corrected chi connectivity index (χ2v) is 10.0. The van der Waals surface area contributed by atoms with Gasteiger partial charge in [-0.2, -0.15) is 0 Å². The highest BCUT2D eigenvalue weighted by Gasteiger charge is 2.25. The number of methoxy groups -OCH3 is 1. The van der Waals surface area contributed by atoms with Gasteiger partial charge in [-0.15, -0.1) is 0 Å². The minimum atomic E-state index is -3.49. The number of fused-ring (bicyclic) bond motifs is 1. The molecule has 10 heteroatoms. The first-order valence-corrected chi connectivity index (χ1v) is 12.6. The molecule has 4 rings (SSSR count). The van der Waals surface area contributed by atoms with E-state index in [1.54, 1.807) is 36.4 Å². The molecule has 4 aromatic rings. The van der Waals surface area contributed by atoms with E-state index in [0.29, 0.717) is 40.3 Å². The van der Waals surface area contributed by atoms with Gasteiger partial charge in [0.15, 0.2) is 11.5 Å². The lowest BCUT2D eigenvalue weighted by molar-refractivity contribution is 0.310. The van der Waals surface area contributed by atoms with E-state index in [4.69, 9.17) is 9.47 Å². The molecule has 0 bridgehead atoms. The van der Waals surface area contributed by atoms with Gasteiger partial charge in [0.1, 0.15) is 21.3 Å². The van der Waals surface area contributed by atoms with Crippen LogP contribution in [0, 0.1) is 5.82 Å². The molecular weight excluding hydrogens is 461 g/mol. The topological polar surface area (TPSA) is 103 Å². The first-order chi connectivity index (χ1) is 16.2. The lowest BCUT2D eigenvalue weighted by Crippen LogP contribution is -2.28. The summed E-state index contributed by atoms with van der Waals surface area (Å²) in [7, 11) is -1.97. The Morgan fingerprint density at radius 1 is 1.15 bits per heavy atom. The molecule has 0 unspecified atom stereocenters. The molecular formula is C24H24FN3O5S. The van der Waals surface area contributed by atoms with Gasteiger partial charge in [-0.1, -0.05) is 12.1 Å². The molecule has 0 aliphatic heterocycles. The third kappa shape index (κ3) is 4.67. The van der Waals surface area contributed by atoms with Gasteiger partial charge in [0.25, 0.3) is 0 Å². The van der Waals surface area contributed by atoms with E-state index in [1.165, 1.54) is 30.0 Å². The molecule has 0 spiro atoms. The van der Waals surface area contributed by atoms with Crippen molar-refractivity contribution in [1.29, 1.82) is 0 Å². The average molecular weight is 486 g/mol. The summed E-state index contributed by atoms with van der Waals surface area (Å²) in [6, 6.07) is 12.0. The van der Waals surface area contributed by atoms with E-state index >= 15 is 0 Å². The first kappa shape index (κ1) is 23.5. The van der Waals surface area contributed by atoms with Gasteiger partial charge in [0.2, 0.25) is 0 Å². The van der Waals surface area contributed by atoms with Gasteiger partial charge >= 0.3 is 5.69 Å². The number of rotatable bonds is 8. The number of hydrogen-bond donors (Lipinski definition) is 1. The van der Waals surface area contributed by atoms with Gasteiger partial charge in [0, 0.05) is 18.0 Å². The second kappa shape index (κ2) is 9.30. The van der Waals surface area contributed by atoms with E-state index in [2.05, 4.69) is 9.97 Å². The van der Waals surface area contributed by atoms with E-state index < -0.39 is 27.4 Å². The Bertz CT molecular complexity index is 1510. The molecule has 178 valence electrons. The summed E-state index contributed by atoms with van der Waals surface area (Å²) < 4.78 is 51.3. The maximum Gasteiger partial charge on any atom is 0.327 e. The summed E-state index contributed by atoms with van der Waals surface area (Å²) in [5.74, 6) is 0.146. The zero-order valence-electron chi connectivity index (χ0n) is 18.9. The van der Waals surface area contributed by atoms with Crippen LogP contribution in [0.1, 0.15) is 18.5 Å². The van der Waals surface area contributed by atoms with Crippen molar-refractivity contribution in [2.45, 2.75) is 13.0 Å². The monoisotopic (exact) mass is 485 g/mol. The van der Waals surface area contributed by atoms with Gasteiger partial charge < -0.3 is 14.5 Å². The fraction of sp³-hybridized carbons (Fsp3) is 0.250. The predicted molar refractivity (Wildman–Crippen MR) is 128 cm³/mol. The molecule has 8 nitrogen and oxygen atoms in total. The average Bonchev–Trinajstić information content (AvgIpc) is 3.12. The number of nitrogens with one attached hydrogen (secondary N) is 1. The Kier molecular flexibility index (Phi) is 6.43. The van der Waals surface area contributed by atoms with Crippen molar-refractivity contribution in [2.24, 2.45) is 0 Å². The number of pyridine rings is 1. The number of H-pyrrole nitrogens is 1. The van der Waals surface area contributed by atoms with Crippen molar-refractivity contribution in [3.63, 3.8) is 0 Å². The van der Waals surface area contributed by atoms with E-state index in [9.17, 15) is 17.6 Å². The summed E-state index contributed by atoms with van der Waals surface area (Å²) in [6.07, 6.45) is 2.60. The van der Waals surface area contributed by atoms with E-state index in [1.807, 2.05) is 6.92 Å². The Morgan fingerprint density at radius 3 is 2.62 bits per heavy atom. The molecule has 0 aliphatic carbocycles. The quantitative estimate of drug-likeness (QED) is 0.409. The smallest absolute Gasteiger partial charge is 0.327 e. The van der Waals surface area contributed by atoms with Crippen LogP contribution >= 0.6 is 0 Å². The first-order valence-electron chi connectivity index (χ1n) is 10.6. The maximum atomic E-state index is 14.2. The van der Waals surface area contributed by atoms with Gasteiger partial charge in [-0.05, 0) is 48.9 Å². The van der Waals surface area contributed by atoms with Crippen molar-refractivity contribution in [3.8, 4) is 22.8 Å². The van der Waals surface area contributed by atoms with Gasteiger partial charge in [-0.3, -0.25) is 9.55 Å². The fourth-order valence-electron chi connectivity index (χ4n) is 3.96. The number of ether oxygens (including phenoxy) is 2. The molecule has 0 radical (unpaired) electrons. The molecule has 0 aliphatic rings. The normalized spacial score (nSPS) is 12.6. The Labute approximate surface area is 195 Å². The minimum absolute atomic E-state index is 0.155. The van der Waals surface area contributed by atoms with Gasteiger partial charge in [-0.25, -0.2) is 17.6 Å². The molecule has 0 amide bonds. The summed E-state index contributed by atoms with van der Waals surface area (Å²) in [5, 5.41) is 0. The fourth-order valence-corrected chi connectivity index (χ4v) is 4.88. The van der Waals surface area contributed by atoms with Crippen molar-refractivity contribution < 1.29 is 22.3 Å². The van der Waals surface area contributed by atoms with Crippen LogP contribution in [0.25, 0.3) is 22.3 Å². The van der Waals surface area contributed by atoms with Crippen LogP contribution in [-0.4, -0.2) is 48.7 Å². The number of hydrogen-bond acceptors (Lipinski definition) is 6. The number of benzene rings is 2. The summed E-state index contributed by atoms with van der Waals surface area (Å²) in [5.41, 5.74) is 1.63. The number of halogens is 1. The lowest BCUT2D eigenvalue weighted by Gasteiger charge is -2.20. The molecule has 0 saturated carbocycles. The zero-order valence-corrected chi connectivity index (χ0v) is 19.7. The Balaban J connectivity index is 1.89. The highest BCUT2D eigenvalue weighted by Crippen LogP contribution is 2.33. The van der Waals surface area contributed by atoms with Crippen molar-refractivity contribution in [3.05, 3.63) is 76.6 Å². The zero-order chi connectivity index (χ0) is 24.5. The maximum absolute atomic E-state index is 14.2. The highest BCUT2D eigenvalue weighted by molar-refractivity contribution is 7.90. The van der Waals surface area contributed by atoms with Crippen molar-refractivity contribution in [1.82, 2.24) is 14.5 Å². The van der Waals surface area contributed by atoms with Crippen LogP contribution in [0.2, 0.25) is 0 Å². The molecule has 2 aromatic carbocycles. The molecule has 0 fully saturated rings. The summed E-state index contributed by atoms with van der Waals surface area (Å²) in [6.45, 7) is 2.21. The molecule has 1 atom stereocenters. The Hall–Kier alpha value is -3.66. The Morgan fingerprint density at radius 2 is 1.94 bits per heavy atom. The van der Waals surface area contributed by atoms with Gasteiger partial charge in [0.05, 0.1) is 36.5 Å². The number of imidazole rings is 1. The van der Waals surface area contributed by atoms with E-state index in [-0.39, 0.29) is 11.4 Å². The van der Waals surface area contributed by atoms with Crippen LogP contribution in [0.3, 0.4) is 0 Å². The van der Waals surface area contributed by atoms with Crippen LogP contribution in [0.15, 0.2) is 59.5 Å². The standard InChI is InChI=1S/C24H24FN3O5S/c1-4-33-22-13-15(8-10-21(22)32-2)20(14-34(3,30)31)28-19-9-7-16(12-18(19)27-24(28)29)23-17(25)6-5-11-26-23/h5-13,20H,4,14H2,1-3H3,(H,27,29)/t20-/m0/s1. The van der Waals surface area contributed by atoms with Crippen LogP contribution in [0.4, 0.5) is 4.39 Å². The third-order valence-corrected chi connectivity index (χ3v) is 6.31.